The first-order chi connectivity index (χ1) is 10.6. The van der Waals surface area contributed by atoms with Crippen LogP contribution in [0.5, 0.6) is 5.75 Å². The third-order valence-electron chi connectivity index (χ3n) is 4.22. The smallest absolute Gasteiger partial charge is 0.261 e. The summed E-state index contributed by atoms with van der Waals surface area (Å²) in [4.78, 5) is 12.4. The van der Waals surface area contributed by atoms with Gasteiger partial charge in [-0.2, -0.15) is 0 Å². The highest BCUT2D eigenvalue weighted by molar-refractivity contribution is 6.32. The predicted octanol–water partition coefficient (Wildman–Crippen LogP) is 3.16. The lowest BCUT2D eigenvalue weighted by Gasteiger charge is -2.29. The minimum atomic E-state index is -0.532. The summed E-state index contributed by atoms with van der Waals surface area (Å²) in [6.45, 7) is 2.16. The van der Waals surface area contributed by atoms with Crippen LogP contribution in [0, 0.1) is 5.92 Å². The number of halogens is 1. The molecule has 0 bridgehead atoms. The standard InChI is InChI=1S/C17H24ClNO3/c1-2-15(22-16-6-4-3-5-14(16)18)17(21)19-13-9-7-12(11-20)8-10-13/h3-6,12-13,15,20H,2,7-11H2,1H3,(H,19,21). The van der Waals surface area contributed by atoms with Crippen LogP contribution in [0.2, 0.25) is 5.02 Å². The zero-order chi connectivity index (χ0) is 15.9. The van der Waals surface area contributed by atoms with Crippen molar-refractivity contribution in [2.24, 2.45) is 5.92 Å². The molecule has 1 aliphatic carbocycles. The van der Waals surface area contributed by atoms with Crippen molar-refractivity contribution in [1.29, 1.82) is 0 Å². The Morgan fingerprint density at radius 1 is 1.36 bits per heavy atom. The van der Waals surface area contributed by atoms with Gasteiger partial charge in [0.25, 0.3) is 5.91 Å². The van der Waals surface area contributed by atoms with Crippen molar-refractivity contribution < 1.29 is 14.6 Å². The van der Waals surface area contributed by atoms with E-state index in [1.165, 1.54) is 0 Å². The van der Waals surface area contributed by atoms with E-state index in [0.717, 1.165) is 25.7 Å². The van der Waals surface area contributed by atoms with Crippen LogP contribution < -0.4 is 10.1 Å². The van der Waals surface area contributed by atoms with Gasteiger partial charge in [-0.1, -0.05) is 30.7 Å². The third kappa shape index (κ3) is 4.62. The number of amides is 1. The minimum Gasteiger partial charge on any atom is -0.479 e. The number of benzene rings is 1. The van der Waals surface area contributed by atoms with Gasteiger partial charge < -0.3 is 15.2 Å². The molecule has 0 heterocycles. The number of aliphatic hydroxyl groups is 1. The summed E-state index contributed by atoms with van der Waals surface area (Å²) in [5, 5.41) is 12.7. The zero-order valence-corrected chi connectivity index (χ0v) is 13.7. The van der Waals surface area contributed by atoms with Crippen molar-refractivity contribution in [3.05, 3.63) is 29.3 Å². The Balaban J connectivity index is 1.88. The molecule has 1 fully saturated rings. The Morgan fingerprint density at radius 2 is 2.05 bits per heavy atom. The Hall–Kier alpha value is -1.26. The molecule has 1 aromatic rings. The molecular formula is C17H24ClNO3. The largest absolute Gasteiger partial charge is 0.479 e. The molecule has 1 saturated carbocycles. The summed E-state index contributed by atoms with van der Waals surface area (Å²) in [5.74, 6) is 0.833. The second-order valence-electron chi connectivity index (χ2n) is 5.85. The van der Waals surface area contributed by atoms with Gasteiger partial charge in [0.1, 0.15) is 5.75 Å². The number of para-hydroxylation sites is 1. The van der Waals surface area contributed by atoms with Crippen LogP contribution in [0.3, 0.4) is 0 Å². The van der Waals surface area contributed by atoms with Gasteiger partial charge in [0.2, 0.25) is 0 Å². The SMILES string of the molecule is CCC(Oc1ccccc1Cl)C(=O)NC1CCC(CO)CC1. The number of hydrogen-bond acceptors (Lipinski definition) is 3. The molecule has 0 radical (unpaired) electrons. The summed E-state index contributed by atoms with van der Waals surface area (Å²) >= 11 is 6.07. The molecule has 0 spiro atoms. The first kappa shape index (κ1) is 17.1. The van der Waals surface area contributed by atoms with E-state index >= 15 is 0 Å². The summed E-state index contributed by atoms with van der Waals surface area (Å²) in [5.41, 5.74) is 0. The lowest BCUT2D eigenvalue weighted by Crippen LogP contribution is -2.45. The highest BCUT2D eigenvalue weighted by Crippen LogP contribution is 2.26. The lowest BCUT2D eigenvalue weighted by atomic mass is 9.86. The number of aliphatic hydroxyl groups excluding tert-OH is 1. The molecule has 1 atom stereocenters. The highest BCUT2D eigenvalue weighted by atomic mass is 35.5. The fourth-order valence-electron chi connectivity index (χ4n) is 2.80. The molecule has 4 nitrogen and oxygen atoms in total. The van der Waals surface area contributed by atoms with E-state index in [2.05, 4.69) is 5.32 Å². The highest BCUT2D eigenvalue weighted by Gasteiger charge is 2.25. The monoisotopic (exact) mass is 325 g/mol. The molecule has 2 N–H and O–H groups in total. The molecule has 22 heavy (non-hydrogen) atoms. The fraction of sp³-hybridized carbons (Fsp3) is 0.588. The maximum atomic E-state index is 12.4. The van der Waals surface area contributed by atoms with Crippen molar-refractivity contribution in [2.45, 2.75) is 51.2 Å². The van der Waals surface area contributed by atoms with Crippen molar-refractivity contribution in [2.75, 3.05) is 6.61 Å². The maximum Gasteiger partial charge on any atom is 0.261 e. The predicted molar refractivity (Wildman–Crippen MR) is 87.1 cm³/mol. The second kappa shape index (κ2) is 8.39. The van der Waals surface area contributed by atoms with Gasteiger partial charge in [-0.3, -0.25) is 4.79 Å². The van der Waals surface area contributed by atoms with Crippen molar-refractivity contribution in [3.8, 4) is 5.75 Å². The lowest BCUT2D eigenvalue weighted by molar-refractivity contribution is -0.129. The van der Waals surface area contributed by atoms with E-state index in [9.17, 15) is 4.79 Å². The van der Waals surface area contributed by atoms with E-state index in [-0.39, 0.29) is 18.6 Å². The number of carbonyl (C=O) groups excluding carboxylic acids is 1. The molecular weight excluding hydrogens is 302 g/mol. The van der Waals surface area contributed by atoms with Gasteiger partial charge in [0, 0.05) is 12.6 Å². The zero-order valence-electron chi connectivity index (χ0n) is 12.9. The number of hydrogen-bond donors (Lipinski definition) is 2. The topological polar surface area (TPSA) is 58.6 Å². The average Bonchev–Trinajstić information content (AvgIpc) is 2.54. The van der Waals surface area contributed by atoms with Crippen LogP contribution in [0.1, 0.15) is 39.0 Å². The van der Waals surface area contributed by atoms with E-state index in [0.29, 0.717) is 23.1 Å². The molecule has 2 rings (SSSR count). The first-order valence-corrected chi connectivity index (χ1v) is 8.34. The van der Waals surface area contributed by atoms with E-state index in [1.807, 2.05) is 19.1 Å². The van der Waals surface area contributed by atoms with E-state index in [4.69, 9.17) is 21.4 Å². The second-order valence-corrected chi connectivity index (χ2v) is 6.26. The first-order valence-electron chi connectivity index (χ1n) is 7.96. The van der Waals surface area contributed by atoms with Crippen molar-refractivity contribution in [3.63, 3.8) is 0 Å². The Bertz CT molecular complexity index is 487. The summed E-state index contributed by atoms with van der Waals surface area (Å²) in [7, 11) is 0. The Morgan fingerprint density at radius 3 is 2.64 bits per heavy atom. The van der Waals surface area contributed by atoms with Crippen LogP contribution in [-0.4, -0.2) is 29.8 Å². The molecule has 0 aliphatic heterocycles. The molecule has 1 aromatic carbocycles. The molecule has 1 unspecified atom stereocenters. The molecule has 5 heteroatoms. The van der Waals surface area contributed by atoms with Crippen molar-refractivity contribution in [1.82, 2.24) is 5.32 Å². The van der Waals surface area contributed by atoms with Gasteiger partial charge in [-0.15, -0.1) is 0 Å². The van der Waals surface area contributed by atoms with Crippen molar-refractivity contribution >= 4 is 17.5 Å². The maximum absolute atomic E-state index is 12.4. The van der Waals surface area contributed by atoms with Gasteiger partial charge in [0.15, 0.2) is 6.10 Å². The minimum absolute atomic E-state index is 0.0881. The van der Waals surface area contributed by atoms with Gasteiger partial charge in [-0.25, -0.2) is 0 Å². The van der Waals surface area contributed by atoms with Crippen LogP contribution in [0.4, 0.5) is 0 Å². The van der Waals surface area contributed by atoms with Gasteiger partial charge >= 0.3 is 0 Å². The summed E-state index contributed by atoms with van der Waals surface area (Å²) < 4.78 is 5.76. The van der Waals surface area contributed by atoms with Crippen LogP contribution in [0.25, 0.3) is 0 Å². The number of ether oxygens (including phenoxy) is 1. The molecule has 1 aliphatic rings. The summed E-state index contributed by atoms with van der Waals surface area (Å²) in [6.07, 6.45) is 3.81. The fourth-order valence-corrected chi connectivity index (χ4v) is 2.98. The number of rotatable bonds is 6. The molecule has 0 saturated heterocycles. The number of nitrogens with one attached hydrogen (secondary N) is 1. The van der Waals surface area contributed by atoms with Gasteiger partial charge in [-0.05, 0) is 50.2 Å². The van der Waals surface area contributed by atoms with Gasteiger partial charge in [0.05, 0.1) is 5.02 Å². The van der Waals surface area contributed by atoms with Crippen LogP contribution in [-0.2, 0) is 4.79 Å². The molecule has 0 aromatic heterocycles. The normalized spacial score (nSPS) is 22.9. The average molecular weight is 326 g/mol. The summed E-state index contributed by atoms with van der Waals surface area (Å²) in [6, 6.07) is 7.36. The van der Waals surface area contributed by atoms with Crippen LogP contribution >= 0.6 is 11.6 Å². The quantitative estimate of drug-likeness (QED) is 0.844. The van der Waals surface area contributed by atoms with E-state index in [1.54, 1.807) is 12.1 Å². The number of carbonyl (C=O) groups is 1. The van der Waals surface area contributed by atoms with Crippen LogP contribution in [0.15, 0.2) is 24.3 Å². The molecule has 1 amide bonds. The molecule has 122 valence electrons. The Kier molecular flexibility index (Phi) is 6.52. The Labute approximate surface area is 136 Å². The van der Waals surface area contributed by atoms with E-state index < -0.39 is 6.10 Å². The third-order valence-corrected chi connectivity index (χ3v) is 4.53.